The predicted molar refractivity (Wildman–Crippen MR) is 159 cm³/mol. The number of para-hydroxylation sites is 1. The van der Waals surface area contributed by atoms with Crippen LogP contribution in [-0.2, 0) is 9.59 Å². The molecule has 2 aliphatic rings. The number of amides is 2. The molecule has 216 valence electrons. The molecule has 0 atom stereocenters. The molecule has 4 aromatic rings. The van der Waals surface area contributed by atoms with E-state index in [0.717, 1.165) is 4.70 Å². The van der Waals surface area contributed by atoms with Crippen molar-refractivity contribution >= 4 is 67.3 Å². The zero-order valence-electron chi connectivity index (χ0n) is 22.8. The van der Waals surface area contributed by atoms with Crippen LogP contribution in [0.15, 0.2) is 24.3 Å². The minimum Gasteiger partial charge on any atom is -0.467 e. The summed E-state index contributed by atoms with van der Waals surface area (Å²) in [6.45, 7) is 2.86. The molecule has 4 heterocycles. The average molecular weight is 601 g/mol. The predicted octanol–water partition coefficient (Wildman–Crippen LogP) is 3.05. The first-order valence-corrected chi connectivity index (χ1v) is 14.2. The average Bonchev–Trinajstić information content (AvgIpc) is 3.58. The van der Waals surface area contributed by atoms with Gasteiger partial charge in [0.2, 0.25) is 12.3 Å². The molecule has 4 N–H and O–H groups in total. The van der Waals surface area contributed by atoms with E-state index in [2.05, 4.69) is 37.5 Å². The van der Waals surface area contributed by atoms with Crippen molar-refractivity contribution < 1.29 is 18.7 Å². The molecule has 6 rings (SSSR count). The van der Waals surface area contributed by atoms with E-state index in [1.807, 2.05) is 6.07 Å². The number of fused-ring (bicyclic) bond motifs is 2. The van der Waals surface area contributed by atoms with Gasteiger partial charge in [-0.15, -0.1) is 0 Å². The molecule has 0 radical (unpaired) electrons. The Hall–Kier alpha value is -3.81. The van der Waals surface area contributed by atoms with Crippen LogP contribution in [0, 0.1) is 5.82 Å². The van der Waals surface area contributed by atoms with Gasteiger partial charge in [0.15, 0.2) is 16.5 Å². The van der Waals surface area contributed by atoms with Gasteiger partial charge < -0.3 is 30.9 Å². The quantitative estimate of drug-likeness (QED) is 0.285. The SMILES string of the molecule is CN1CCCC1.CNC(=O)C1(NC=O)CN(c2nc(OC)nc3c(F)c(-c4cccc5sc(N)nc45)c(Cl)cc23)C1. The molecule has 0 bridgehead atoms. The first-order valence-electron chi connectivity index (χ1n) is 13.0. The lowest BCUT2D eigenvalue weighted by Crippen LogP contribution is -2.75. The van der Waals surface area contributed by atoms with Gasteiger partial charge in [0.1, 0.15) is 11.3 Å². The second kappa shape index (κ2) is 11.6. The smallest absolute Gasteiger partial charge is 0.318 e. The zero-order valence-corrected chi connectivity index (χ0v) is 24.4. The minimum atomic E-state index is -1.14. The van der Waals surface area contributed by atoms with Crippen LogP contribution in [0.4, 0.5) is 15.3 Å². The highest BCUT2D eigenvalue weighted by molar-refractivity contribution is 7.22. The number of carbonyl (C=O) groups excluding carboxylic acids is 2. The van der Waals surface area contributed by atoms with Crippen LogP contribution in [0.3, 0.4) is 0 Å². The molecule has 0 spiro atoms. The third kappa shape index (κ3) is 5.32. The maximum atomic E-state index is 16.1. The van der Waals surface area contributed by atoms with Gasteiger partial charge in [-0.25, -0.2) is 9.37 Å². The summed E-state index contributed by atoms with van der Waals surface area (Å²) in [7, 11) is 5.03. The number of nitrogens with zero attached hydrogens (tertiary/aromatic N) is 5. The fraction of sp³-hybridized carbons (Fsp3) is 0.370. The van der Waals surface area contributed by atoms with E-state index in [0.29, 0.717) is 33.8 Å². The van der Waals surface area contributed by atoms with Gasteiger partial charge in [-0.1, -0.05) is 35.1 Å². The maximum Gasteiger partial charge on any atom is 0.318 e. The number of halogens is 2. The Kier molecular flexibility index (Phi) is 8.11. The van der Waals surface area contributed by atoms with Crippen LogP contribution >= 0.6 is 22.9 Å². The lowest BCUT2D eigenvalue weighted by Gasteiger charge is -2.48. The molecule has 0 saturated carbocycles. The Balaban J connectivity index is 0.000000500. The molecular weight excluding hydrogens is 571 g/mol. The van der Waals surface area contributed by atoms with E-state index < -0.39 is 11.4 Å². The second-order valence-electron chi connectivity index (χ2n) is 9.97. The van der Waals surface area contributed by atoms with Gasteiger partial charge in [0.25, 0.3) is 0 Å². The van der Waals surface area contributed by atoms with Crippen LogP contribution in [0.5, 0.6) is 6.01 Å². The number of benzene rings is 2. The molecule has 2 aromatic heterocycles. The Morgan fingerprint density at radius 2 is 1.95 bits per heavy atom. The van der Waals surface area contributed by atoms with E-state index in [9.17, 15) is 9.59 Å². The fourth-order valence-electron chi connectivity index (χ4n) is 5.19. The normalized spacial score (nSPS) is 16.2. The van der Waals surface area contributed by atoms with E-state index in [1.165, 1.54) is 51.4 Å². The number of hydrogen-bond acceptors (Lipinski definition) is 10. The summed E-state index contributed by atoms with van der Waals surface area (Å²) in [5, 5.41) is 5.94. The number of thiazole rings is 1. The summed E-state index contributed by atoms with van der Waals surface area (Å²) >= 11 is 7.91. The summed E-state index contributed by atoms with van der Waals surface area (Å²) in [6, 6.07) is 6.86. The summed E-state index contributed by atoms with van der Waals surface area (Å²) in [4.78, 5) is 40.5. The number of nitrogens with two attached hydrogens (primary N) is 1. The number of rotatable bonds is 6. The lowest BCUT2D eigenvalue weighted by molar-refractivity contribution is -0.131. The molecule has 2 saturated heterocycles. The van der Waals surface area contributed by atoms with E-state index in [1.54, 1.807) is 23.1 Å². The Bertz CT molecular complexity index is 1620. The van der Waals surface area contributed by atoms with Crippen molar-refractivity contribution in [1.82, 2.24) is 30.5 Å². The molecule has 0 aliphatic carbocycles. The summed E-state index contributed by atoms with van der Waals surface area (Å²) in [6.07, 6.45) is 3.30. The first kappa shape index (κ1) is 28.7. The van der Waals surface area contributed by atoms with E-state index in [-0.39, 0.29) is 41.1 Å². The number of likely N-dealkylation sites (tertiary alicyclic amines) is 1. The van der Waals surface area contributed by atoms with Crippen LogP contribution in [0.1, 0.15) is 12.8 Å². The van der Waals surface area contributed by atoms with Gasteiger partial charge in [0.05, 0.1) is 35.4 Å². The van der Waals surface area contributed by atoms with Gasteiger partial charge in [-0.3, -0.25) is 9.59 Å². The monoisotopic (exact) mass is 600 g/mol. The Morgan fingerprint density at radius 1 is 1.22 bits per heavy atom. The van der Waals surface area contributed by atoms with Crippen LogP contribution < -0.4 is 26.0 Å². The Morgan fingerprint density at radius 3 is 2.56 bits per heavy atom. The molecule has 2 aromatic carbocycles. The number of ether oxygens (including phenoxy) is 1. The van der Waals surface area contributed by atoms with Crippen molar-refractivity contribution in [3.8, 4) is 17.1 Å². The van der Waals surface area contributed by atoms with Gasteiger partial charge >= 0.3 is 6.01 Å². The molecule has 2 fully saturated rings. The minimum absolute atomic E-state index is 0.00718. The van der Waals surface area contributed by atoms with Crippen molar-refractivity contribution in [3.63, 3.8) is 0 Å². The molecule has 2 amide bonds. The second-order valence-corrected chi connectivity index (χ2v) is 11.4. The molecule has 0 unspecified atom stereocenters. The van der Waals surface area contributed by atoms with Crippen molar-refractivity contribution in [2.24, 2.45) is 0 Å². The van der Waals surface area contributed by atoms with Crippen molar-refractivity contribution in [2.45, 2.75) is 18.4 Å². The number of methoxy groups -OCH3 is 1. The number of aromatic nitrogens is 3. The van der Waals surface area contributed by atoms with Crippen LogP contribution in [0.25, 0.3) is 32.2 Å². The van der Waals surface area contributed by atoms with Crippen molar-refractivity contribution in [2.75, 3.05) is 58.0 Å². The van der Waals surface area contributed by atoms with Gasteiger partial charge in [-0.2, -0.15) is 9.97 Å². The van der Waals surface area contributed by atoms with E-state index in [4.69, 9.17) is 22.1 Å². The third-order valence-electron chi connectivity index (χ3n) is 7.28. The molecular formula is C27H30ClFN8O3S. The van der Waals surface area contributed by atoms with Crippen LogP contribution in [0.2, 0.25) is 5.02 Å². The highest BCUT2D eigenvalue weighted by Crippen LogP contribution is 2.42. The molecule has 2 aliphatic heterocycles. The number of anilines is 2. The first-order chi connectivity index (χ1) is 19.7. The number of carbonyl (C=O) groups is 2. The summed E-state index contributed by atoms with van der Waals surface area (Å²) in [5.74, 6) is -0.700. The van der Waals surface area contributed by atoms with Gasteiger partial charge in [0, 0.05) is 23.6 Å². The number of likely N-dealkylation sites (N-methyl/N-ethyl adjacent to an activating group) is 1. The van der Waals surface area contributed by atoms with Crippen molar-refractivity contribution in [1.29, 1.82) is 0 Å². The molecule has 11 nitrogen and oxygen atoms in total. The summed E-state index contributed by atoms with van der Waals surface area (Å²) in [5.41, 5.74) is 5.88. The number of hydrogen-bond donors (Lipinski definition) is 3. The van der Waals surface area contributed by atoms with Crippen LogP contribution in [-0.4, -0.2) is 85.1 Å². The standard InChI is InChI=1S/C22H19ClFN7O3S.C5H11N/c1-26-19(33)22(27-9-32)7-31(8-22)18-11-6-12(23)14(15(24)17(11)29-21(30-18)34-2)10-4-3-5-13-16(10)28-20(25)35-13;1-6-4-2-3-5-6/h3-6,9H,7-8H2,1-2H3,(H2,25,28)(H,26,33)(H,27,32);2-5H2,1H3. The fourth-order valence-corrected chi connectivity index (χ4v) is 6.24. The molecule has 41 heavy (non-hydrogen) atoms. The Labute approximate surface area is 244 Å². The highest BCUT2D eigenvalue weighted by Gasteiger charge is 2.50. The summed E-state index contributed by atoms with van der Waals surface area (Å²) < 4.78 is 22.1. The van der Waals surface area contributed by atoms with E-state index >= 15 is 4.39 Å². The lowest BCUT2D eigenvalue weighted by atomic mass is 9.88. The number of nitrogen functional groups attached to an aromatic ring is 1. The third-order valence-corrected chi connectivity index (χ3v) is 8.43. The highest BCUT2D eigenvalue weighted by atomic mass is 35.5. The molecule has 14 heteroatoms. The number of nitrogens with one attached hydrogen (secondary N) is 2. The maximum absolute atomic E-state index is 16.1. The van der Waals surface area contributed by atoms with Crippen molar-refractivity contribution in [3.05, 3.63) is 35.1 Å². The largest absolute Gasteiger partial charge is 0.467 e. The zero-order chi connectivity index (χ0) is 29.3. The van der Waals surface area contributed by atoms with Gasteiger partial charge in [-0.05, 0) is 45.1 Å². The topological polar surface area (TPSA) is 139 Å².